The zero-order chi connectivity index (χ0) is 11.9. The Hall–Kier alpha value is -0.930. The van der Waals surface area contributed by atoms with E-state index in [0.717, 1.165) is 24.6 Å². The molecule has 17 heavy (non-hydrogen) atoms. The molecule has 94 valence electrons. The lowest BCUT2D eigenvalue weighted by Gasteiger charge is -2.22. The molecule has 0 bridgehead atoms. The Bertz CT molecular complexity index is 317. The summed E-state index contributed by atoms with van der Waals surface area (Å²) in [5.74, 6) is 0.709. The summed E-state index contributed by atoms with van der Waals surface area (Å²) in [6.07, 6.45) is 3.86. The van der Waals surface area contributed by atoms with E-state index in [4.69, 9.17) is 0 Å². The third-order valence-electron chi connectivity index (χ3n) is 3.43. The highest BCUT2D eigenvalue weighted by atomic mass is 19.1. The summed E-state index contributed by atoms with van der Waals surface area (Å²) in [7, 11) is 0. The van der Waals surface area contributed by atoms with Gasteiger partial charge in [-0.05, 0) is 62.5 Å². The Morgan fingerprint density at radius 1 is 1.18 bits per heavy atom. The standard InChI is InChI=1S/C14H21FN2/c15-14-3-1-13(2-4-14)11-17-10-7-12-5-8-16-9-6-12/h1-4,12,16-17H,5-11H2. The molecule has 1 saturated heterocycles. The molecule has 0 amide bonds. The van der Waals surface area contributed by atoms with Gasteiger partial charge in [0.25, 0.3) is 0 Å². The van der Waals surface area contributed by atoms with E-state index in [2.05, 4.69) is 10.6 Å². The predicted octanol–water partition coefficient (Wildman–Crippen LogP) is 2.31. The van der Waals surface area contributed by atoms with Crippen LogP contribution in [0.5, 0.6) is 0 Å². The van der Waals surface area contributed by atoms with Crippen LogP contribution in [-0.2, 0) is 6.54 Å². The van der Waals surface area contributed by atoms with E-state index in [-0.39, 0.29) is 5.82 Å². The highest BCUT2D eigenvalue weighted by Crippen LogP contribution is 2.14. The second kappa shape index (κ2) is 6.72. The fourth-order valence-corrected chi connectivity index (χ4v) is 2.31. The molecule has 0 spiro atoms. The van der Waals surface area contributed by atoms with Crippen LogP contribution in [0, 0.1) is 11.7 Å². The third kappa shape index (κ3) is 4.44. The van der Waals surface area contributed by atoms with Crippen molar-refractivity contribution in [2.75, 3.05) is 19.6 Å². The molecule has 1 aromatic rings. The van der Waals surface area contributed by atoms with Gasteiger partial charge in [-0.1, -0.05) is 12.1 Å². The largest absolute Gasteiger partial charge is 0.317 e. The van der Waals surface area contributed by atoms with E-state index < -0.39 is 0 Å². The Morgan fingerprint density at radius 3 is 2.59 bits per heavy atom. The van der Waals surface area contributed by atoms with Crippen molar-refractivity contribution in [1.82, 2.24) is 10.6 Å². The molecule has 2 nitrogen and oxygen atoms in total. The SMILES string of the molecule is Fc1ccc(CNCCC2CCNCC2)cc1. The minimum Gasteiger partial charge on any atom is -0.317 e. The predicted molar refractivity (Wildman–Crippen MR) is 68.3 cm³/mol. The van der Waals surface area contributed by atoms with E-state index in [1.54, 1.807) is 0 Å². The molecule has 0 atom stereocenters. The van der Waals surface area contributed by atoms with Crippen molar-refractivity contribution in [2.45, 2.75) is 25.8 Å². The number of hydrogen-bond donors (Lipinski definition) is 2. The summed E-state index contributed by atoms with van der Waals surface area (Å²) < 4.78 is 12.7. The van der Waals surface area contributed by atoms with Gasteiger partial charge in [-0.25, -0.2) is 4.39 Å². The van der Waals surface area contributed by atoms with E-state index in [1.165, 1.54) is 44.5 Å². The minimum atomic E-state index is -0.163. The van der Waals surface area contributed by atoms with Gasteiger partial charge in [0.1, 0.15) is 5.82 Å². The molecular weight excluding hydrogens is 215 g/mol. The van der Waals surface area contributed by atoms with Crippen molar-refractivity contribution in [3.05, 3.63) is 35.6 Å². The van der Waals surface area contributed by atoms with Crippen molar-refractivity contribution in [3.63, 3.8) is 0 Å². The van der Waals surface area contributed by atoms with Crippen molar-refractivity contribution in [2.24, 2.45) is 5.92 Å². The molecule has 1 aliphatic rings. The van der Waals surface area contributed by atoms with Crippen LogP contribution in [0.4, 0.5) is 4.39 Å². The summed E-state index contributed by atoms with van der Waals surface area (Å²) in [5, 5.41) is 6.81. The summed E-state index contributed by atoms with van der Waals surface area (Å²) in [4.78, 5) is 0. The maximum atomic E-state index is 12.7. The second-order valence-electron chi connectivity index (χ2n) is 4.79. The summed E-state index contributed by atoms with van der Waals surface area (Å²) in [5.41, 5.74) is 1.15. The van der Waals surface area contributed by atoms with Gasteiger partial charge < -0.3 is 10.6 Å². The molecule has 3 heteroatoms. The normalized spacial score (nSPS) is 17.2. The van der Waals surface area contributed by atoms with E-state index >= 15 is 0 Å². The monoisotopic (exact) mass is 236 g/mol. The lowest BCUT2D eigenvalue weighted by atomic mass is 9.95. The molecule has 0 aliphatic carbocycles. The molecule has 0 aromatic heterocycles. The number of hydrogen-bond acceptors (Lipinski definition) is 2. The van der Waals surface area contributed by atoms with Gasteiger partial charge in [0.05, 0.1) is 0 Å². The number of piperidine rings is 1. The molecule has 1 aromatic carbocycles. The van der Waals surface area contributed by atoms with Crippen molar-refractivity contribution in [3.8, 4) is 0 Å². The van der Waals surface area contributed by atoms with E-state index in [9.17, 15) is 4.39 Å². The number of halogens is 1. The minimum absolute atomic E-state index is 0.163. The Kier molecular flexibility index (Phi) is 4.95. The van der Waals surface area contributed by atoms with Crippen molar-refractivity contribution in [1.29, 1.82) is 0 Å². The van der Waals surface area contributed by atoms with Crippen molar-refractivity contribution < 1.29 is 4.39 Å². The summed E-state index contributed by atoms with van der Waals surface area (Å²) in [6, 6.07) is 6.72. The van der Waals surface area contributed by atoms with Crippen LogP contribution in [-0.4, -0.2) is 19.6 Å². The van der Waals surface area contributed by atoms with Gasteiger partial charge in [0.15, 0.2) is 0 Å². The first-order valence-corrected chi connectivity index (χ1v) is 6.50. The first-order chi connectivity index (χ1) is 8.34. The van der Waals surface area contributed by atoms with Gasteiger partial charge in [-0.2, -0.15) is 0 Å². The molecule has 2 rings (SSSR count). The average molecular weight is 236 g/mol. The zero-order valence-corrected chi connectivity index (χ0v) is 10.2. The zero-order valence-electron chi connectivity index (χ0n) is 10.2. The fourth-order valence-electron chi connectivity index (χ4n) is 2.31. The van der Waals surface area contributed by atoms with Gasteiger partial charge in [-0.15, -0.1) is 0 Å². The lowest BCUT2D eigenvalue weighted by molar-refractivity contribution is 0.348. The molecule has 0 radical (unpaired) electrons. The molecule has 2 N–H and O–H groups in total. The Balaban J connectivity index is 1.60. The topological polar surface area (TPSA) is 24.1 Å². The molecule has 1 fully saturated rings. The van der Waals surface area contributed by atoms with Crippen molar-refractivity contribution >= 4 is 0 Å². The maximum absolute atomic E-state index is 12.7. The van der Waals surface area contributed by atoms with Crippen LogP contribution in [0.3, 0.4) is 0 Å². The Morgan fingerprint density at radius 2 is 1.88 bits per heavy atom. The van der Waals surface area contributed by atoms with Crippen LogP contribution in [0.2, 0.25) is 0 Å². The smallest absolute Gasteiger partial charge is 0.123 e. The number of rotatable bonds is 5. The van der Waals surface area contributed by atoms with Gasteiger partial charge >= 0.3 is 0 Å². The van der Waals surface area contributed by atoms with E-state index in [1.807, 2.05) is 12.1 Å². The highest BCUT2D eigenvalue weighted by molar-refractivity contribution is 5.15. The quantitative estimate of drug-likeness (QED) is 0.767. The molecule has 0 saturated carbocycles. The molecule has 1 heterocycles. The second-order valence-corrected chi connectivity index (χ2v) is 4.79. The number of benzene rings is 1. The van der Waals surface area contributed by atoms with E-state index in [0.29, 0.717) is 0 Å². The third-order valence-corrected chi connectivity index (χ3v) is 3.43. The summed E-state index contributed by atoms with van der Waals surface area (Å²) in [6.45, 7) is 4.23. The first-order valence-electron chi connectivity index (χ1n) is 6.50. The lowest BCUT2D eigenvalue weighted by Crippen LogP contribution is -2.29. The molecule has 0 unspecified atom stereocenters. The van der Waals surface area contributed by atoms with Crippen LogP contribution < -0.4 is 10.6 Å². The van der Waals surface area contributed by atoms with Crippen LogP contribution >= 0.6 is 0 Å². The Labute approximate surface area is 103 Å². The van der Waals surface area contributed by atoms with Crippen LogP contribution in [0.1, 0.15) is 24.8 Å². The van der Waals surface area contributed by atoms with Gasteiger partial charge in [-0.3, -0.25) is 0 Å². The van der Waals surface area contributed by atoms with Gasteiger partial charge in [0, 0.05) is 6.54 Å². The summed E-state index contributed by atoms with van der Waals surface area (Å²) >= 11 is 0. The van der Waals surface area contributed by atoms with Crippen LogP contribution in [0.25, 0.3) is 0 Å². The van der Waals surface area contributed by atoms with Crippen LogP contribution in [0.15, 0.2) is 24.3 Å². The maximum Gasteiger partial charge on any atom is 0.123 e. The first kappa shape index (κ1) is 12.5. The highest BCUT2D eigenvalue weighted by Gasteiger charge is 2.11. The average Bonchev–Trinajstić information content (AvgIpc) is 2.38. The molecular formula is C14H21FN2. The molecule has 1 aliphatic heterocycles. The number of nitrogens with one attached hydrogen (secondary N) is 2. The fraction of sp³-hybridized carbons (Fsp3) is 0.571. The van der Waals surface area contributed by atoms with Gasteiger partial charge in [0.2, 0.25) is 0 Å².